The average molecular weight is 142 g/mol. The van der Waals surface area contributed by atoms with Crippen LogP contribution in [0.4, 0.5) is 0 Å². The second kappa shape index (κ2) is 3.12. The third kappa shape index (κ3) is 1.78. The van der Waals surface area contributed by atoms with Gasteiger partial charge < -0.3 is 5.73 Å². The van der Waals surface area contributed by atoms with Gasteiger partial charge >= 0.3 is 0 Å². The van der Waals surface area contributed by atoms with Crippen molar-refractivity contribution in [1.29, 1.82) is 0 Å². The third-order valence-electron chi connectivity index (χ3n) is 1.83. The fourth-order valence-electron chi connectivity index (χ4n) is 1.31. The highest BCUT2D eigenvalue weighted by molar-refractivity contribution is 5.81. The Morgan fingerprint density at radius 3 is 3.00 bits per heavy atom. The Morgan fingerprint density at radius 2 is 2.50 bits per heavy atom. The van der Waals surface area contributed by atoms with Gasteiger partial charge in [0.15, 0.2) is 0 Å². The Labute approximate surface area is 61.2 Å². The summed E-state index contributed by atoms with van der Waals surface area (Å²) in [5.41, 5.74) is 5.63. The van der Waals surface area contributed by atoms with Crippen molar-refractivity contribution in [3.05, 3.63) is 0 Å². The first-order valence-electron chi connectivity index (χ1n) is 3.72. The lowest BCUT2D eigenvalue weighted by atomic mass is 10.1. The number of Topliss-reactive ketones (excluding diaryl/α,β-unsaturated/α-hetero) is 1. The van der Waals surface area contributed by atoms with E-state index in [0.29, 0.717) is 13.0 Å². The van der Waals surface area contributed by atoms with Crippen LogP contribution in [0.1, 0.15) is 13.3 Å². The molecule has 0 aromatic carbocycles. The topological polar surface area (TPSA) is 46.3 Å². The molecule has 3 nitrogen and oxygen atoms in total. The number of nitrogens with two attached hydrogens (primary N) is 1. The number of ketones is 1. The van der Waals surface area contributed by atoms with Gasteiger partial charge in [0.05, 0.1) is 6.54 Å². The van der Waals surface area contributed by atoms with Gasteiger partial charge in [-0.25, -0.2) is 0 Å². The van der Waals surface area contributed by atoms with E-state index in [9.17, 15) is 4.79 Å². The minimum Gasteiger partial charge on any atom is -0.326 e. The molecular weight excluding hydrogens is 128 g/mol. The van der Waals surface area contributed by atoms with Crippen LogP contribution in [-0.2, 0) is 4.79 Å². The number of nitrogens with zero attached hydrogens (tertiary/aromatic N) is 1. The molecule has 1 heterocycles. The molecule has 0 aromatic heterocycles. The van der Waals surface area contributed by atoms with Crippen LogP contribution in [0.15, 0.2) is 0 Å². The van der Waals surface area contributed by atoms with Gasteiger partial charge in [0.25, 0.3) is 0 Å². The largest absolute Gasteiger partial charge is 0.326 e. The molecule has 1 saturated heterocycles. The number of likely N-dealkylation sites (N-methyl/N-ethyl adjacent to an activating group) is 1. The Kier molecular flexibility index (Phi) is 2.40. The van der Waals surface area contributed by atoms with Crippen molar-refractivity contribution in [2.75, 3.05) is 19.6 Å². The number of hydrogen-bond donors (Lipinski definition) is 1. The van der Waals surface area contributed by atoms with Crippen molar-refractivity contribution in [3.63, 3.8) is 0 Å². The molecule has 2 N–H and O–H groups in total. The zero-order chi connectivity index (χ0) is 7.56. The van der Waals surface area contributed by atoms with Gasteiger partial charge in [0.2, 0.25) is 0 Å². The van der Waals surface area contributed by atoms with Crippen molar-refractivity contribution in [2.24, 2.45) is 5.73 Å². The van der Waals surface area contributed by atoms with Crippen LogP contribution in [0.5, 0.6) is 0 Å². The van der Waals surface area contributed by atoms with E-state index >= 15 is 0 Å². The molecule has 0 aliphatic carbocycles. The van der Waals surface area contributed by atoms with Gasteiger partial charge in [-0.05, 0) is 6.54 Å². The SMILES string of the molecule is CCN1CC(=O)CC(N)C1. The summed E-state index contributed by atoms with van der Waals surface area (Å²) in [6, 6.07) is 0.0706. The summed E-state index contributed by atoms with van der Waals surface area (Å²) in [5.74, 6) is 0.278. The average Bonchev–Trinajstić information content (AvgIpc) is 1.85. The number of piperidine rings is 1. The summed E-state index contributed by atoms with van der Waals surface area (Å²) in [6.45, 7) is 4.46. The maximum atomic E-state index is 10.9. The third-order valence-corrected chi connectivity index (χ3v) is 1.83. The molecule has 0 amide bonds. The van der Waals surface area contributed by atoms with Crippen LogP contribution in [0.25, 0.3) is 0 Å². The second-order valence-corrected chi connectivity index (χ2v) is 2.83. The molecule has 58 valence electrons. The van der Waals surface area contributed by atoms with E-state index < -0.39 is 0 Å². The van der Waals surface area contributed by atoms with E-state index in [1.54, 1.807) is 0 Å². The first-order chi connectivity index (χ1) is 4.72. The quantitative estimate of drug-likeness (QED) is 0.542. The molecule has 0 aromatic rings. The Hall–Kier alpha value is -0.410. The van der Waals surface area contributed by atoms with Gasteiger partial charge in [0.1, 0.15) is 5.78 Å². The fraction of sp³-hybridized carbons (Fsp3) is 0.857. The highest BCUT2D eigenvalue weighted by Crippen LogP contribution is 2.03. The van der Waals surface area contributed by atoms with Crippen LogP contribution >= 0.6 is 0 Å². The number of rotatable bonds is 1. The molecule has 1 unspecified atom stereocenters. The maximum absolute atomic E-state index is 10.9. The Bertz CT molecular complexity index is 136. The molecule has 3 heteroatoms. The van der Waals surface area contributed by atoms with Gasteiger partial charge in [-0.3, -0.25) is 9.69 Å². The molecule has 0 spiro atoms. The van der Waals surface area contributed by atoms with Crippen LogP contribution < -0.4 is 5.73 Å². The molecule has 1 aliphatic rings. The first kappa shape index (κ1) is 7.69. The Morgan fingerprint density at radius 1 is 1.80 bits per heavy atom. The van der Waals surface area contributed by atoms with Crippen LogP contribution in [0, 0.1) is 0 Å². The summed E-state index contributed by atoms with van der Waals surface area (Å²) in [6.07, 6.45) is 0.566. The number of likely N-dealkylation sites (tertiary alicyclic amines) is 1. The maximum Gasteiger partial charge on any atom is 0.148 e. The summed E-state index contributed by atoms with van der Waals surface area (Å²) >= 11 is 0. The highest BCUT2D eigenvalue weighted by atomic mass is 16.1. The van der Waals surface area contributed by atoms with Gasteiger partial charge in [0, 0.05) is 19.0 Å². The number of carbonyl (C=O) groups is 1. The normalized spacial score (nSPS) is 29.0. The van der Waals surface area contributed by atoms with Gasteiger partial charge in [-0.2, -0.15) is 0 Å². The summed E-state index contributed by atoms with van der Waals surface area (Å²) < 4.78 is 0. The van der Waals surface area contributed by atoms with E-state index in [-0.39, 0.29) is 11.8 Å². The second-order valence-electron chi connectivity index (χ2n) is 2.83. The van der Waals surface area contributed by atoms with Crippen molar-refractivity contribution >= 4 is 5.78 Å². The molecule has 0 saturated carbocycles. The molecule has 10 heavy (non-hydrogen) atoms. The standard InChI is InChI=1S/C7H14N2O/c1-2-9-4-6(8)3-7(10)5-9/h6H,2-5,8H2,1H3. The van der Waals surface area contributed by atoms with E-state index in [0.717, 1.165) is 13.1 Å². The van der Waals surface area contributed by atoms with Gasteiger partial charge in [-0.15, -0.1) is 0 Å². The molecule has 1 atom stereocenters. The van der Waals surface area contributed by atoms with E-state index in [4.69, 9.17) is 5.73 Å². The summed E-state index contributed by atoms with van der Waals surface area (Å²) in [4.78, 5) is 13.0. The lowest BCUT2D eigenvalue weighted by molar-refractivity contribution is -0.122. The van der Waals surface area contributed by atoms with Crippen LogP contribution in [0.3, 0.4) is 0 Å². The van der Waals surface area contributed by atoms with Crippen molar-refractivity contribution in [3.8, 4) is 0 Å². The fourth-order valence-corrected chi connectivity index (χ4v) is 1.31. The minimum atomic E-state index is 0.0706. The predicted molar refractivity (Wildman–Crippen MR) is 39.7 cm³/mol. The smallest absolute Gasteiger partial charge is 0.148 e. The summed E-state index contributed by atoms with van der Waals surface area (Å²) in [5, 5.41) is 0. The molecule has 0 bridgehead atoms. The molecule has 1 aliphatic heterocycles. The van der Waals surface area contributed by atoms with Crippen LogP contribution in [-0.4, -0.2) is 36.4 Å². The minimum absolute atomic E-state index is 0.0706. The predicted octanol–water partition coefficient (Wildman–Crippen LogP) is -0.392. The number of hydrogen-bond acceptors (Lipinski definition) is 3. The van der Waals surface area contributed by atoms with E-state index in [2.05, 4.69) is 4.90 Å². The molecular formula is C7H14N2O. The highest BCUT2D eigenvalue weighted by Gasteiger charge is 2.20. The monoisotopic (exact) mass is 142 g/mol. The zero-order valence-corrected chi connectivity index (χ0v) is 6.34. The molecule has 1 rings (SSSR count). The van der Waals surface area contributed by atoms with Crippen molar-refractivity contribution in [1.82, 2.24) is 4.90 Å². The molecule has 0 radical (unpaired) electrons. The zero-order valence-electron chi connectivity index (χ0n) is 6.34. The molecule has 1 fully saturated rings. The van der Waals surface area contributed by atoms with Crippen molar-refractivity contribution in [2.45, 2.75) is 19.4 Å². The van der Waals surface area contributed by atoms with Crippen LogP contribution in [0.2, 0.25) is 0 Å². The Balaban J connectivity index is 2.42. The lowest BCUT2D eigenvalue weighted by Crippen LogP contribution is -2.47. The first-order valence-corrected chi connectivity index (χ1v) is 3.72. The number of carbonyl (C=O) groups excluding carboxylic acids is 1. The van der Waals surface area contributed by atoms with E-state index in [1.807, 2.05) is 6.92 Å². The van der Waals surface area contributed by atoms with Crippen molar-refractivity contribution < 1.29 is 4.79 Å². The lowest BCUT2D eigenvalue weighted by Gasteiger charge is -2.28. The van der Waals surface area contributed by atoms with E-state index in [1.165, 1.54) is 0 Å². The summed E-state index contributed by atoms with van der Waals surface area (Å²) in [7, 11) is 0. The van der Waals surface area contributed by atoms with Gasteiger partial charge in [-0.1, -0.05) is 6.92 Å².